The number of likely N-dealkylation sites (N-methyl/N-ethyl adjacent to an activating group) is 1. The number of amides is 1. The smallest absolute Gasteiger partial charge is 0.241 e. The third-order valence-electron chi connectivity index (χ3n) is 3.58. The van der Waals surface area contributed by atoms with Crippen LogP contribution in [0.1, 0.15) is 26.3 Å². The van der Waals surface area contributed by atoms with Crippen LogP contribution >= 0.6 is 0 Å². The van der Waals surface area contributed by atoms with Crippen molar-refractivity contribution in [1.29, 1.82) is 0 Å². The Morgan fingerprint density at radius 3 is 2.62 bits per heavy atom. The summed E-state index contributed by atoms with van der Waals surface area (Å²) in [5.41, 5.74) is 2.46. The topological polar surface area (TPSA) is 20.3 Å². The van der Waals surface area contributed by atoms with Crippen molar-refractivity contribution in [2.45, 2.75) is 26.2 Å². The third-order valence-corrected chi connectivity index (χ3v) is 3.58. The van der Waals surface area contributed by atoms with Gasteiger partial charge < -0.3 is 4.90 Å². The molecule has 2 nitrogen and oxygen atoms in total. The molecule has 16 heavy (non-hydrogen) atoms. The Bertz CT molecular complexity index is 464. The lowest BCUT2D eigenvalue weighted by molar-refractivity contribution is -0.121. The van der Waals surface area contributed by atoms with Gasteiger partial charge in [-0.2, -0.15) is 0 Å². The van der Waals surface area contributed by atoms with E-state index in [0.717, 1.165) is 16.8 Å². The molecule has 0 aliphatic carbocycles. The fourth-order valence-corrected chi connectivity index (χ4v) is 2.35. The van der Waals surface area contributed by atoms with Crippen molar-refractivity contribution >= 4 is 11.6 Å². The maximum absolute atomic E-state index is 12.4. The number of fused-ring (bicyclic) bond motifs is 1. The highest BCUT2D eigenvalue weighted by Gasteiger charge is 2.47. The summed E-state index contributed by atoms with van der Waals surface area (Å²) in [4.78, 5) is 14.3. The average Bonchev–Trinajstić information content (AvgIpc) is 2.50. The molecule has 1 atom stereocenters. The van der Waals surface area contributed by atoms with Crippen molar-refractivity contribution in [3.63, 3.8) is 0 Å². The number of carbonyl (C=O) groups excluding carboxylic acids is 1. The van der Waals surface area contributed by atoms with Gasteiger partial charge in [0.05, 0.1) is 5.41 Å². The fraction of sp³-hybridized carbons (Fsp3) is 0.357. The van der Waals surface area contributed by atoms with Gasteiger partial charge in [0.2, 0.25) is 5.91 Å². The van der Waals surface area contributed by atoms with E-state index in [9.17, 15) is 4.79 Å². The molecule has 0 bridgehead atoms. The molecular formula is C14H17NO. The second-order valence-electron chi connectivity index (χ2n) is 4.47. The first kappa shape index (κ1) is 10.9. The van der Waals surface area contributed by atoms with Crippen LogP contribution < -0.4 is 4.90 Å². The van der Waals surface area contributed by atoms with Crippen LogP contribution in [0, 0.1) is 0 Å². The molecule has 0 N–H and O–H groups in total. The van der Waals surface area contributed by atoms with Gasteiger partial charge in [0.1, 0.15) is 0 Å². The Hall–Kier alpha value is -1.57. The molecule has 1 heterocycles. The quantitative estimate of drug-likeness (QED) is 0.695. The molecule has 1 aliphatic rings. The first-order chi connectivity index (χ1) is 7.53. The highest BCUT2D eigenvalue weighted by molar-refractivity contribution is 6.09. The zero-order chi connectivity index (χ0) is 11.9. The molecule has 0 saturated carbocycles. The fourth-order valence-electron chi connectivity index (χ4n) is 2.35. The number of anilines is 1. The van der Waals surface area contributed by atoms with Gasteiger partial charge in [0.15, 0.2) is 0 Å². The third kappa shape index (κ3) is 1.16. The summed E-state index contributed by atoms with van der Waals surface area (Å²) in [6, 6.07) is 7.98. The molecule has 0 radical (unpaired) electrons. The highest BCUT2D eigenvalue weighted by Crippen LogP contribution is 2.45. The van der Waals surface area contributed by atoms with Gasteiger partial charge in [-0.05, 0) is 32.4 Å². The van der Waals surface area contributed by atoms with Gasteiger partial charge >= 0.3 is 0 Å². The van der Waals surface area contributed by atoms with Crippen LogP contribution in [0.2, 0.25) is 0 Å². The van der Waals surface area contributed by atoms with E-state index in [1.54, 1.807) is 0 Å². The molecule has 1 aromatic carbocycles. The van der Waals surface area contributed by atoms with Crippen LogP contribution in [0.3, 0.4) is 0 Å². The monoisotopic (exact) mass is 215 g/mol. The Morgan fingerprint density at radius 2 is 2.06 bits per heavy atom. The zero-order valence-electron chi connectivity index (χ0n) is 10.1. The number of para-hydroxylation sites is 1. The second-order valence-corrected chi connectivity index (χ2v) is 4.47. The molecule has 1 aliphatic heterocycles. The molecule has 0 aromatic heterocycles. The van der Waals surface area contributed by atoms with Crippen LogP contribution in [-0.2, 0) is 10.2 Å². The lowest BCUT2D eigenvalue weighted by Gasteiger charge is -2.24. The Labute approximate surface area is 96.6 Å². The molecule has 1 unspecified atom stereocenters. The number of hydrogen-bond acceptors (Lipinski definition) is 1. The largest absolute Gasteiger partial charge is 0.311 e. The van der Waals surface area contributed by atoms with E-state index in [4.69, 9.17) is 0 Å². The molecule has 0 fully saturated rings. The van der Waals surface area contributed by atoms with Crippen LogP contribution in [-0.4, -0.2) is 12.5 Å². The second kappa shape index (κ2) is 3.48. The van der Waals surface area contributed by atoms with Crippen LogP contribution in [0.4, 0.5) is 5.69 Å². The average molecular weight is 215 g/mol. The van der Waals surface area contributed by atoms with E-state index in [1.165, 1.54) is 0 Å². The summed E-state index contributed by atoms with van der Waals surface area (Å²) in [5, 5.41) is 0. The standard InChI is InChI=1S/C14H17NO/c1-5-15-12-9-7-6-8-11(12)14(4,10(2)3)13(15)16/h6-9H,2,5H2,1,3-4H3. The summed E-state index contributed by atoms with van der Waals surface area (Å²) in [5.74, 6) is 0.142. The Kier molecular flexibility index (Phi) is 2.38. The Balaban J connectivity index is 2.68. The molecule has 2 heteroatoms. The lowest BCUT2D eigenvalue weighted by atomic mass is 9.78. The van der Waals surface area contributed by atoms with Gasteiger partial charge in [-0.1, -0.05) is 30.4 Å². The van der Waals surface area contributed by atoms with E-state index in [-0.39, 0.29) is 5.91 Å². The minimum Gasteiger partial charge on any atom is -0.311 e. The summed E-state index contributed by atoms with van der Waals surface area (Å²) in [6.07, 6.45) is 0. The van der Waals surface area contributed by atoms with Gasteiger partial charge in [-0.25, -0.2) is 0 Å². The van der Waals surface area contributed by atoms with Gasteiger partial charge in [0.25, 0.3) is 0 Å². The molecule has 84 valence electrons. The van der Waals surface area contributed by atoms with Crippen molar-refractivity contribution in [1.82, 2.24) is 0 Å². The first-order valence-electron chi connectivity index (χ1n) is 5.61. The Morgan fingerprint density at radius 1 is 1.44 bits per heavy atom. The summed E-state index contributed by atoms with van der Waals surface area (Å²) >= 11 is 0. The number of benzene rings is 1. The van der Waals surface area contributed by atoms with E-state index in [0.29, 0.717) is 6.54 Å². The first-order valence-corrected chi connectivity index (χ1v) is 5.61. The van der Waals surface area contributed by atoms with Crippen molar-refractivity contribution in [2.24, 2.45) is 0 Å². The van der Waals surface area contributed by atoms with Gasteiger partial charge in [-0.15, -0.1) is 0 Å². The van der Waals surface area contributed by atoms with Crippen LogP contribution in [0.15, 0.2) is 36.4 Å². The number of hydrogen-bond donors (Lipinski definition) is 0. The summed E-state index contributed by atoms with van der Waals surface area (Å²) < 4.78 is 0. The number of nitrogens with zero attached hydrogens (tertiary/aromatic N) is 1. The van der Waals surface area contributed by atoms with Crippen molar-refractivity contribution < 1.29 is 4.79 Å². The molecule has 1 aromatic rings. The van der Waals surface area contributed by atoms with E-state index < -0.39 is 5.41 Å². The van der Waals surface area contributed by atoms with E-state index in [1.807, 2.05) is 49.9 Å². The summed E-state index contributed by atoms with van der Waals surface area (Å²) in [6.45, 7) is 10.6. The maximum atomic E-state index is 12.4. The predicted octanol–water partition coefficient (Wildman–Crippen LogP) is 2.89. The minimum atomic E-state index is -0.549. The van der Waals surface area contributed by atoms with Crippen molar-refractivity contribution in [2.75, 3.05) is 11.4 Å². The highest BCUT2D eigenvalue weighted by atomic mass is 16.2. The van der Waals surface area contributed by atoms with E-state index in [2.05, 4.69) is 6.58 Å². The molecule has 0 spiro atoms. The number of carbonyl (C=O) groups is 1. The maximum Gasteiger partial charge on any atom is 0.241 e. The van der Waals surface area contributed by atoms with Gasteiger partial charge in [-0.3, -0.25) is 4.79 Å². The molecular weight excluding hydrogens is 198 g/mol. The van der Waals surface area contributed by atoms with Crippen molar-refractivity contribution in [3.8, 4) is 0 Å². The van der Waals surface area contributed by atoms with Crippen molar-refractivity contribution in [3.05, 3.63) is 42.0 Å². The molecule has 2 rings (SSSR count). The van der Waals surface area contributed by atoms with E-state index >= 15 is 0 Å². The minimum absolute atomic E-state index is 0.142. The van der Waals surface area contributed by atoms with Gasteiger partial charge in [0, 0.05) is 12.2 Å². The van der Waals surface area contributed by atoms with Crippen LogP contribution in [0.25, 0.3) is 0 Å². The zero-order valence-corrected chi connectivity index (χ0v) is 10.1. The predicted molar refractivity (Wildman–Crippen MR) is 66.6 cm³/mol. The lowest BCUT2D eigenvalue weighted by Crippen LogP contribution is -2.38. The van der Waals surface area contributed by atoms with Crippen LogP contribution in [0.5, 0.6) is 0 Å². The normalized spacial score (nSPS) is 23.4. The molecule has 1 amide bonds. The molecule has 0 saturated heterocycles. The SMILES string of the molecule is C=C(C)C1(C)C(=O)N(CC)c2ccccc21. The number of rotatable bonds is 2. The summed E-state index contributed by atoms with van der Waals surface area (Å²) in [7, 11) is 0.